The fourth-order valence-corrected chi connectivity index (χ4v) is 2.91. The number of benzene rings is 2. The van der Waals surface area contributed by atoms with E-state index in [2.05, 4.69) is 0 Å². The molecule has 8 heteroatoms. The van der Waals surface area contributed by atoms with Crippen LogP contribution in [0.3, 0.4) is 0 Å². The highest BCUT2D eigenvalue weighted by Gasteiger charge is 2.22. The first-order chi connectivity index (χ1) is 13.7. The summed E-state index contributed by atoms with van der Waals surface area (Å²) < 4.78 is 32.3. The van der Waals surface area contributed by atoms with Crippen LogP contribution in [0.1, 0.15) is 20.7 Å². The standard InChI is InChI=1S/C20H18O8/c1-23-17-9-13(10-18-19(17)27-7-6-26-18)20(22)28-11-14(21)12-2-3-15-16(8-12)25-5-4-24-15/h2-3,8-10H,4-7,11H2,1H3. The van der Waals surface area contributed by atoms with Crippen molar-refractivity contribution < 1.29 is 38.0 Å². The number of methoxy groups -OCH3 is 1. The van der Waals surface area contributed by atoms with Crippen LogP contribution in [-0.2, 0) is 4.74 Å². The Morgan fingerprint density at radius 3 is 2.32 bits per heavy atom. The van der Waals surface area contributed by atoms with Crippen LogP contribution in [-0.4, -0.2) is 51.9 Å². The van der Waals surface area contributed by atoms with E-state index in [-0.39, 0.29) is 11.3 Å². The number of fused-ring (bicyclic) bond motifs is 2. The minimum atomic E-state index is -0.666. The van der Waals surface area contributed by atoms with Gasteiger partial charge in [-0.25, -0.2) is 4.79 Å². The van der Waals surface area contributed by atoms with Gasteiger partial charge >= 0.3 is 5.97 Å². The molecule has 0 spiro atoms. The molecule has 0 saturated carbocycles. The first-order valence-electron chi connectivity index (χ1n) is 8.73. The second-order valence-electron chi connectivity index (χ2n) is 6.06. The number of hydrogen-bond acceptors (Lipinski definition) is 8. The Bertz CT molecular complexity index is 903. The van der Waals surface area contributed by atoms with Gasteiger partial charge in [0.05, 0.1) is 12.7 Å². The lowest BCUT2D eigenvalue weighted by atomic mass is 10.1. The normalized spacial score (nSPS) is 14.2. The molecule has 0 N–H and O–H groups in total. The van der Waals surface area contributed by atoms with E-state index in [0.29, 0.717) is 60.7 Å². The minimum absolute atomic E-state index is 0.205. The third-order valence-electron chi connectivity index (χ3n) is 4.26. The number of esters is 1. The van der Waals surface area contributed by atoms with Crippen molar-refractivity contribution in [1.29, 1.82) is 0 Å². The Hall–Kier alpha value is -3.42. The summed E-state index contributed by atoms with van der Waals surface area (Å²) in [5.74, 6) is 1.27. The van der Waals surface area contributed by atoms with Gasteiger partial charge in [-0.3, -0.25) is 4.79 Å². The molecule has 2 aliphatic rings. The summed E-state index contributed by atoms with van der Waals surface area (Å²) >= 11 is 0. The quantitative estimate of drug-likeness (QED) is 0.571. The molecule has 146 valence electrons. The maximum Gasteiger partial charge on any atom is 0.338 e. The van der Waals surface area contributed by atoms with Gasteiger partial charge in [0.15, 0.2) is 35.4 Å². The van der Waals surface area contributed by atoms with Gasteiger partial charge in [-0.2, -0.15) is 0 Å². The van der Waals surface area contributed by atoms with Crippen molar-refractivity contribution in [3.8, 4) is 28.7 Å². The number of Topliss-reactive ketones (excluding diaryl/α,β-unsaturated/α-hetero) is 1. The monoisotopic (exact) mass is 386 g/mol. The zero-order valence-electron chi connectivity index (χ0n) is 15.2. The number of carbonyl (C=O) groups is 2. The van der Waals surface area contributed by atoms with E-state index in [4.69, 9.17) is 28.4 Å². The SMILES string of the molecule is COc1cc(C(=O)OCC(=O)c2ccc3c(c2)OCCO3)cc2c1OCCO2. The van der Waals surface area contributed by atoms with Crippen molar-refractivity contribution in [2.75, 3.05) is 40.1 Å². The zero-order valence-corrected chi connectivity index (χ0v) is 15.2. The van der Waals surface area contributed by atoms with Crippen LogP contribution in [0.2, 0.25) is 0 Å². The molecule has 0 atom stereocenters. The van der Waals surface area contributed by atoms with E-state index in [1.165, 1.54) is 19.2 Å². The summed E-state index contributed by atoms with van der Waals surface area (Å²) in [6, 6.07) is 7.85. The summed E-state index contributed by atoms with van der Waals surface area (Å²) in [4.78, 5) is 24.8. The highest BCUT2D eigenvalue weighted by molar-refractivity contribution is 6.00. The van der Waals surface area contributed by atoms with Crippen molar-refractivity contribution in [1.82, 2.24) is 0 Å². The second-order valence-corrected chi connectivity index (χ2v) is 6.06. The van der Waals surface area contributed by atoms with Crippen molar-refractivity contribution in [2.45, 2.75) is 0 Å². The molecular formula is C20H18O8. The molecule has 2 aliphatic heterocycles. The maximum absolute atomic E-state index is 12.4. The van der Waals surface area contributed by atoms with E-state index in [0.717, 1.165) is 0 Å². The molecule has 2 heterocycles. The van der Waals surface area contributed by atoms with Crippen LogP contribution in [0.4, 0.5) is 0 Å². The smallest absolute Gasteiger partial charge is 0.338 e. The predicted octanol–water partition coefficient (Wildman–Crippen LogP) is 2.28. The fraction of sp³-hybridized carbons (Fsp3) is 0.300. The number of hydrogen-bond donors (Lipinski definition) is 0. The Labute approximate surface area is 160 Å². The molecule has 0 fully saturated rings. The van der Waals surface area contributed by atoms with Gasteiger partial charge < -0.3 is 28.4 Å². The van der Waals surface area contributed by atoms with E-state index < -0.39 is 12.6 Å². The van der Waals surface area contributed by atoms with Crippen LogP contribution in [0.15, 0.2) is 30.3 Å². The average molecular weight is 386 g/mol. The van der Waals surface area contributed by atoms with Gasteiger partial charge in [-0.15, -0.1) is 0 Å². The van der Waals surface area contributed by atoms with Crippen LogP contribution < -0.4 is 23.7 Å². The topological polar surface area (TPSA) is 89.5 Å². The first-order valence-corrected chi connectivity index (χ1v) is 8.73. The van der Waals surface area contributed by atoms with Crippen molar-refractivity contribution in [2.24, 2.45) is 0 Å². The summed E-state index contributed by atoms with van der Waals surface area (Å²) in [5.41, 5.74) is 0.577. The van der Waals surface area contributed by atoms with Gasteiger partial charge in [0.1, 0.15) is 26.4 Å². The van der Waals surface area contributed by atoms with Crippen molar-refractivity contribution in [3.63, 3.8) is 0 Å². The predicted molar refractivity (Wildman–Crippen MR) is 96.0 cm³/mol. The Kier molecular flexibility index (Phi) is 4.92. The van der Waals surface area contributed by atoms with Crippen LogP contribution in [0.5, 0.6) is 28.7 Å². The van der Waals surface area contributed by atoms with Crippen molar-refractivity contribution in [3.05, 3.63) is 41.5 Å². The summed E-state index contributed by atoms with van der Waals surface area (Å²) in [6.45, 7) is 1.26. The van der Waals surface area contributed by atoms with E-state index in [9.17, 15) is 9.59 Å². The van der Waals surface area contributed by atoms with Gasteiger partial charge in [-0.05, 0) is 30.3 Å². The molecule has 0 bridgehead atoms. The Morgan fingerprint density at radius 2 is 1.54 bits per heavy atom. The molecule has 2 aromatic rings. The average Bonchev–Trinajstić information content (AvgIpc) is 2.76. The first kappa shape index (κ1) is 18.0. The molecule has 0 amide bonds. The third-order valence-corrected chi connectivity index (χ3v) is 4.26. The fourth-order valence-electron chi connectivity index (χ4n) is 2.91. The molecule has 8 nitrogen and oxygen atoms in total. The number of ketones is 1. The number of carbonyl (C=O) groups excluding carboxylic acids is 2. The maximum atomic E-state index is 12.4. The highest BCUT2D eigenvalue weighted by atomic mass is 16.6. The molecule has 0 saturated heterocycles. The summed E-state index contributed by atoms with van der Waals surface area (Å²) in [6.07, 6.45) is 0. The molecule has 4 rings (SSSR count). The third kappa shape index (κ3) is 3.53. The molecule has 2 aromatic carbocycles. The molecule has 28 heavy (non-hydrogen) atoms. The van der Waals surface area contributed by atoms with E-state index in [1.54, 1.807) is 18.2 Å². The summed E-state index contributed by atoms with van der Waals surface area (Å²) in [5, 5.41) is 0. The second kappa shape index (κ2) is 7.67. The van der Waals surface area contributed by atoms with E-state index in [1.807, 2.05) is 0 Å². The molecule has 0 radical (unpaired) electrons. The molecular weight excluding hydrogens is 368 g/mol. The zero-order chi connectivity index (χ0) is 19.5. The Morgan fingerprint density at radius 1 is 0.857 bits per heavy atom. The van der Waals surface area contributed by atoms with Gasteiger partial charge in [0.2, 0.25) is 5.75 Å². The summed E-state index contributed by atoms with van der Waals surface area (Å²) in [7, 11) is 1.47. The Balaban J connectivity index is 1.45. The van der Waals surface area contributed by atoms with Crippen LogP contribution >= 0.6 is 0 Å². The number of rotatable bonds is 5. The lowest BCUT2D eigenvalue weighted by molar-refractivity contribution is 0.0473. The molecule has 0 unspecified atom stereocenters. The molecule has 0 aliphatic carbocycles. The lowest BCUT2D eigenvalue weighted by Gasteiger charge is -2.21. The lowest BCUT2D eigenvalue weighted by Crippen LogP contribution is -2.18. The van der Waals surface area contributed by atoms with E-state index >= 15 is 0 Å². The minimum Gasteiger partial charge on any atom is -0.493 e. The van der Waals surface area contributed by atoms with Crippen LogP contribution in [0.25, 0.3) is 0 Å². The van der Waals surface area contributed by atoms with Gasteiger partial charge in [-0.1, -0.05) is 0 Å². The number of ether oxygens (including phenoxy) is 6. The molecule has 0 aromatic heterocycles. The van der Waals surface area contributed by atoms with Crippen LogP contribution in [0, 0.1) is 0 Å². The van der Waals surface area contributed by atoms with Crippen molar-refractivity contribution >= 4 is 11.8 Å². The van der Waals surface area contributed by atoms with Gasteiger partial charge in [0, 0.05) is 5.56 Å². The van der Waals surface area contributed by atoms with Gasteiger partial charge in [0.25, 0.3) is 0 Å². The highest BCUT2D eigenvalue weighted by Crippen LogP contribution is 2.40. The largest absolute Gasteiger partial charge is 0.493 e.